The molecule has 1 atom stereocenters. The smallest absolute Gasteiger partial charge is 0.0595 e. The monoisotopic (exact) mass is 256 g/mol. The minimum absolute atomic E-state index is 0.484. The van der Waals surface area contributed by atoms with Gasteiger partial charge in [-0.1, -0.05) is 27.7 Å². The van der Waals surface area contributed by atoms with Crippen LogP contribution in [-0.4, -0.2) is 50.3 Å². The summed E-state index contributed by atoms with van der Waals surface area (Å²) in [5.74, 6) is 1.45. The molecule has 0 spiro atoms. The molecule has 0 aromatic heterocycles. The van der Waals surface area contributed by atoms with Gasteiger partial charge in [-0.05, 0) is 31.2 Å². The fourth-order valence-electron chi connectivity index (χ4n) is 2.75. The van der Waals surface area contributed by atoms with E-state index in [4.69, 9.17) is 4.74 Å². The highest BCUT2D eigenvalue weighted by atomic mass is 16.5. The van der Waals surface area contributed by atoms with E-state index in [-0.39, 0.29) is 0 Å². The molecule has 0 bridgehead atoms. The van der Waals surface area contributed by atoms with E-state index in [2.05, 4.69) is 37.9 Å². The van der Waals surface area contributed by atoms with E-state index in [9.17, 15) is 0 Å². The second-order valence-electron chi connectivity index (χ2n) is 6.33. The third kappa shape index (κ3) is 5.25. The summed E-state index contributed by atoms with van der Waals surface area (Å²) in [6.45, 7) is 13.8. The van der Waals surface area contributed by atoms with Gasteiger partial charge in [-0.15, -0.1) is 0 Å². The summed E-state index contributed by atoms with van der Waals surface area (Å²) in [6, 6.07) is 0.668. The molecule has 1 aliphatic rings. The molecular formula is C15H32N2O. The number of ether oxygens (including phenoxy) is 1. The molecule has 0 saturated carbocycles. The molecule has 1 rings (SSSR count). The Morgan fingerprint density at radius 2 is 1.72 bits per heavy atom. The van der Waals surface area contributed by atoms with Gasteiger partial charge in [-0.2, -0.15) is 0 Å². The largest absolute Gasteiger partial charge is 0.381 e. The van der Waals surface area contributed by atoms with Crippen molar-refractivity contribution in [3.63, 3.8) is 0 Å². The molecule has 1 unspecified atom stereocenters. The molecule has 0 aromatic rings. The maximum absolute atomic E-state index is 5.45. The van der Waals surface area contributed by atoms with Gasteiger partial charge in [0.05, 0.1) is 6.10 Å². The topological polar surface area (TPSA) is 24.5 Å². The van der Waals surface area contributed by atoms with Gasteiger partial charge >= 0.3 is 0 Å². The van der Waals surface area contributed by atoms with Gasteiger partial charge < -0.3 is 10.1 Å². The van der Waals surface area contributed by atoms with Gasteiger partial charge in [0.2, 0.25) is 0 Å². The molecule has 1 fully saturated rings. The molecule has 0 aromatic carbocycles. The highest BCUT2D eigenvalue weighted by Crippen LogP contribution is 2.19. The van der Waals surface area contributed by atoms with Crippen molar-refractivity contribution >= 4 is 0 Å². The normalized spacial score (nSPS) is 20.8. The number of hydrogen-bond donors (Lipinski definition) is 1. The predicted octanol–water partition coefficient (Wildman–Crippen LogP) is 2.37. The standard InChI is InChI=1S/C15H32N2O/c1-12(2)10-16-11-15(13(3)4)17-8-6-14(18-5)7-9-17/h12-16H,6-11H2,1-5H3. The molecule has 1 saturated heterocycles. The van der Waals surface area contributed by atoms with E-state index >= 15 is 0 Å². The maximum Gasteiger partial charge on any atom is 0.0595 e. The van der Waals surface area contributed by atoms with Crippen LogP contribution in [-0.2, 0) is 4.74 Å². The predicted molar refractivity (Wildman–Crippen MR) is 77.9 cm³/mol. The molecule has 0 amide bonds. The fourth-order valence-corrected chi connectivity index (χ4v) is 2.75. The van der Waals surface area contributed by atoms with E-state index in [1.807, 2.05) is 7.11 Å². The molecule has 0 aliphatic carbocycles. The summed E-state index contributed by atoms with van der Waals surface area (Å²) >= 11 is 0. The highest BCUT2D eigenvalue weighted by molar-refractivity contribution is 4.82. The zero-order valence-corrected chi connectivity index (χ0v) is 12.9. The van der Waals surface area contributed by atoms with E-state index in [1.165, 1.54) is 25.9 Å². The van der Waals surface area contributed by atoms with Crippen LogP contribution in [0.5, 0.6) is 0 Å². The van der Waals surface area contributed by atoms with E-state index in [1.54, 1.807) is 0 Å². The van der Waals surface area contributed by atoms with Gasteiger partial charge in [0.25, 0.3) is 0 Å². The van der Waals surface area contributed by atoms with Crippen molar-refractivity contribution in [1.82, 2.24) is 10.2 Å². The van der Waals surface area contributed by atoms with Gasteiger partial charge in [-0.3, -0.25) is 4.90 Å². The van der Waals surface area contributed by atoms with Crippen molar-refractivity contribution < 1.29 is 4.74 Å². The Balaban J connectivity index is 2.37. The van der Waals surface area contributed by atoms with Crippen LogP contribution in [0.3, 0.4) is 0 Å². The zero-order valence-electron chi connectivity index (χ0n) is 12.9. The fraction of sp³-hybridized carbons (Fsp3) is 1.00. The second-order valence-corrected chi connectivity index (χ2v) is 6.33. The Morgan fingerprint density at radius 1 is 1.11 bits per heavy atom. The first kappa shape index (κ1) is 15.9. The minimum Gasteiger partial charge on any atom is -0.381 e. The van der Waals surface area contributed by atoms with Crippen molar-refractivity contribution in [3.8, 4) is 0 Å². The van der Waals surface area contributed by atoms with Gasteiger partial charge in [0.1, 0.15) is 0 Å². The Bertz CT molecular complexity index is 211. The Kier molecular flexibility index (Phi) is 7.20. The van der Waals surface area contributed by atoms with Crippen molar-refractivity contribution in [2.75, 3.05) is 33.3 Å². The lowest BCUT2D eigenvalue weighted by molar-refractivity contribution is 0.0193. The number of nitrogens with one attached hydrogen (secondary N) is 1. The summed E-state index contributed by atoms with van der Waals surface area (Å²) in [7, 11) is 1.84. The number of rotatable bonds is 7. The van der Waals surface area contributed by atoms with E-state index < -0.39 is 0 Å². The lowest BCUT2D eigenvalue weighted by Gasteiger charge is -2.39. The SMILES string of the molecule is COC1CCN(C(CNCC(C)C)C(C)C)CC1. The van der Waals surface area contributed by atoms with Gasteiger partial charge in [-0.25, -0.2) is 0 Å². The van der Waals surface area contributed by atoms with Crippen LogP contribution in [0, 0.1) is 11.8 Å². The van der Waals surface area contributed by atoms with E-state index in [0.29, 0.717) is 18.1 Å². The summed E-state index contributed by atoms with van der Waals surface area (Å²) in [5.41, 5.74) is 0. The van der Waals surface area contributed by atoms with Crippen LogP contribution in [0.1, 0.15) is 40.5 Å². The molecule has 108 valence electrons. The third-order valence-corrected chi connectivity index (χ3v) is 3.95. The highest BCUT2D eigenvalue weighted by Gasteiger charge is 2.26. The number of methoxy groups -OCH3 is 1. The van der Waals surface area contributed by atoms with Crippen LogP contribution in [0.15, 0.2) is 0 Å². The van der Waals surface area contributed by atoms with Crippen LogP contribution in [0.4, 0.5) is 0 Å². The van der Waals surface area contributed by atoms with Crippen LogP contribution < -0.4 is 5.32 Å². The van der Waals surface area contributed by atoms with Crippen molar-refractivity contribution in [1.29, 1.82) is 0 Å². The van der Waals surface area contributed by atoms with E-state index in [0.717, 1.165) is 19.0 Å². The second kappa shape index (κ2) is 8.13. The lowest BCUT2D eigenvalue weighted by Crippen LogP contribution is -2.50. The molecular weight excluding hydrogens is 224 g/mol. The molecule has 3 heteroatoms. The van der Waals surface area contributed by atoms with Crippen molar-refractivity contribution in [3.05, 3.63) is 0 Å². The first-order valence-electron chi connectivity index (χ1n) is 7.52. The number of likely N-dealkylation sites (tertiary alicyclic amines) is 1. The number of hydrogen-bond acceptors (Lipinski definition) is 3. The molecule has 0 radical (unpaired) electrons. The van der Waals surface area contributed by atoms with Crippen molar-refractivity contribution in [2.45, 2.75) is 52.7 Å². The van der Waals surface area contributed by atoms with Gasteiger partial charge in [0.15, 0.2) is 0 Å². The van der Waals surface area contributed by atoms with Crippen LogP contribution in [0.25, 0.3) is 0 Å². The van der Waals surface area contributed by atoms with Crippen LogP contribution >= 0.6 is 0 Å². The number of piperidine rings is 1. The molecule has 1 heterocycles. The number of nitrogens with zero attached hydrogens (tertiary/aromatic N) is 1. The first-order chi connectivity index (χ1) is 8.54. The average Bonchev–Trinajstić information content (AvgIpc) is 2.34. The quantitative estimate of drug-likeness (QED) is 0.757. The average molecular weight is 256 g/mol. The van der Waals surface area contributed by atoms with Crippen LogP contribution in [0.2, 0.25) is 0 Å². The summed E-state index contributed by atoms with van der Waals surface area (Å²) in [5, 5.41) is 3.62. The summed E-state index contributed by atoms with van der Waals surface area (Å²) < 4.78 is 5.45. The maximum atomic E-state index is 5.45. The first-order valence-corrected chi connectivity index (χ1v) is 7.52. The molecule has 1 aliphatic heterocycles. The summed E-state index contributed by atoms with van der Waals surface area (Å²) in [6.07, 6.45) is 2.85. The molecule has 3 nitrogen and oxygen atoms in total. The zero-order chi connectivity index (χ0) is 13.5. The molecule has 1 N–H and O–H groups in total. The Hall–Kier alpha value is -0.120. The Morgan fingerprint density at radius 3 is 2.17 bits per heavy atom. The minimum atomic E-state index is 0.484. The summed E-state index contributed by atoms with van der Waals surface area (Å²) in [4.78, 5) is 2.65. The lowest BCUT2D eigenvalue weighted by atomic mass is 9.98. The third-order valence-electron chi connectivity index (χ3n) is 3.95. The molecule has 18 heavy (non-hydrogen) atoms. The Labute approximate surface area is 113 Å². The van der Waals surface area contributed by atoms with Gasteiger partial charge in [0, 0.05) is 32.8 Å². The van der Waals surface area contributed by atoms with Crippen molar-refractivity contribution in [2.24, 2.45) is 11.8 Å².